The molecule has 2 aromatic carbocycles. The topological polar surface area (TPSA) is 51.1 Å². The van der Waals surface area contributed by atoms with Crippen LogP contribution in [0.2, 0.25) is 5.02 Å². The molecule has 1 heterocycles. The Hall–Kier alpha value is -2.44. The average molecular weight is 403 g/mol. The fourth-order valence-electron chi connectivity index (χ4n) is 2.60. The lowest BCUT2D eigenvalue weighted by Gasteiger charge is -2.18. The zero-order chi connectivity index (χ0) is 19.4. The monoisotopic (exact) mass is 402 g/mol. The van der Waals surface area contributed by atoms with Gasteiger partial charge < -0.3 is 9.47 Å². The van der Waals surface area contributed by atoms with Gasteiger partial charge in [-0.05, 0) is 47.7 Å². The minimum Gasteiger partial charge on any atom is -0.497 e. The number of carbonyl (C=O) groups excluding carboxylic acids is 1. The van der Waals surface area contributed by atoms with Crippen LogP contribution < -0.4 is 14.4 Å². The number of nitrogens with zero attached hydrogens (tertiary/aromatic N) is 2. The zero-order valence-electron chi connectivity index (χ0n) is 15.2. The van der Waals surface area contributed by atoms with Crippen molar-refractivity contribution in [1.82, 2.24) is 0 Å². The van der Waals surface area contributed by atoms with Crippen LogP contribution in [0, 0.1) is 0 Å². The van der Waals surface area contributed by atoms with Crippen LogP contribution in [0.5, 0.6) is 11.5 Å². The third-order valence-corrected chi connectivity index (χ3v) is 5.03. The normalized spacial score (nSPS) is 15.3. The molecular formula is C20H19ClN2O3S. The Kier molecular flexibility index (Phi) is 6.08. The van der Waals surface area contributed by atoms with Gasteiger partial charge in [-0.3, -0.25) is 9.69 Å². The molecule has 0 unspecified atom stereocenters. The van der Waals surface area contributed by atoms with Crippen molar-refractivity contribution in [2.24, 2.45) is 4.99 Å². The van der Waals surface area contributed by atoms with Gasteiger partial charge in [-0.15, -0.1) is 0 Å². The minimum absolute atomic E-state index is 0.192. The number of ether oxygens (including phenoxy) is 2. The number of benzene rings is 2. The first kappa shape index (κ1) is 19.3. The molecule has 0 bridgehead atoms. The summed E-state index contributed by atoms with van der Waals surface area (Å²) in [4.78, 5) is 19.1. The van der Waals surface area contributed by atoms with Crippen LogP contribution in [-0.4, -0.2) is 31.0 Å². The van der Waals surface area contributed by atoms with Crippen LogP contribution >= 0.6 is 23.4 Å². The fourth-order valence-corrected chi connectivity index (χ4v) is 3.59. The second-order valence-corrected chi connectivity index (χ2v) is 7.23. The largest absolute Gasteiger partial charge is 0.497 e. The van der Waals surface area contributed by atoms with Gasteiger partial charge in [-0.2, -0.15) is 0 Å². The molecule has 5 nitrogen and oxygen atoms in total. The highest BCUT2D eigenvalue weighted by Gasteiger charge is 2.32. The number of aliphatic imine (C=N–C) groups is 1. The summed E-state index contributed by atoms with van der Waals surface area (Å²) in [5.74, 6) is 1.92. The molecule has 2 aromatic rings. The molecule has 0 radical (unpaired) electrons. The lowest BCUT2D eigenvalue weighted by molar-refractivity contribution is -0.113. The lowest BCUT2D eigenvalue weighted by Crippen LogP contribution is -2.30. The van der Waals surface area contributed by atoms with E-state index < -0.39 is 0 Å². The SMILES string of the molecule is CCSC1=N/C(=C\c2ccc(OC)cc2)C(=O)N1c1ccc(OC)c(Cl)c1. The Morgan fingerprint density at radius 3 is 2.48 bits per heavy atom. The maximum atomic E-state index is 13.0. The third-order valence-electron chi connectivity index (χ3n) is 3.92. The van der Waals surface area contributed by atoms with Crippen LogP contribution in [0.3, 0.4) is 0 Å². The maximum absolute atomic E-state index is 13.0. The molecule has 0 N–H and O–H groups in total. The van der Waals surface area contributed by atoms with E-state index in [-0.39, 0.29) is 5.91 Å². The van der Waals surface area contributed by atoms with E-state index in [0.717, 1.165) is 17.1 Å². The minimum atomic E-state index is -0.192. The Labute approximate surface area is 167 Å². The highest BCUT2D eigenvalue weighted by atomic mass is 35.5. The van der Waals surface area contributed by atoms with Gasteiger partial charge in [0.25, 0.3) is 5.91 Å². The molecule has 0 fully saturated rings. The Balaban J connectivity index is 1.96. The van der Waals surface area contributed by atoms with Gasteiger partial charge in [0.1, 0.15) is 17.2 Å². The van der Waals surface area contributed by atoms with Gasteiger partial charge >= 0.3 is 0 Å². The molecule has 140 valence electrons. The number of carbonyl (C=O) groups is 1. The smallest absolute Gasteiger partial charge is 0.283 e. The molecule has 1 aliphatic heterocycles. The first-order chi connectivity index (χ1) is 13.1. The number of amides is 1. The number of halogens is 1. The molecular weight excluding hydrogens is 384 g/mol. The van der Waals surface area contributed by atoms with E-state index in [1.54, 1.807) is 43.4 Å². The van der Waals surface area contributed by atoms with Crippen molar-refractivity contribution in [3.05, 3.63) is 58.7 Å². The molecule has 0 aromatic heterocycles. The van der Waals surface area contributed by atoms with Crippen molar-refractivity contribution in [1.29, 1.82) is 0 Å². The highest BCUT2D eigenvalue weighted by Crippen LogP contribution is 2.34. The quantitative estimate of drug-likeness (QED) is 0.670. The fraction of sp³-hybridized carbons (Fsp3) is 0.200. The summed E-state index contributed by atoms with van der Waals surface area (Å²) in [7, 11) is 3.17. The molecule has 7 heteroatoms. The number of anilines is 1. The molecule has 0 spiro atoms. The standard InChI is InChI=1S/C20H19ClN2O3S/c1-4-27-20-22-17(11-13-5-8-15(25-2)9-6-13)19(24)23(20)14-7-10-18(26-3)16(21)12-14/h5-12H,4H2,1-3H3/b17-11-. The van der Waals surface area contributed by atoms with Crippen molar-refractivity contribution in [3.63, 3.8) is 0 Å². The molecule has 0 atom stereocenters. The average Bonchev–Trinajstić information content (AvgIpc) is 2.97. The van der Waals surface area contributed by atoms with Crippen LogP contribution in [0.25, 0.3) is 6.08 Å². The molecule has 1 amide bonds. The number of amidine groups is 1. The van der Waals surface area contributed by atoms with Crippen LogP contribution in [0.4, 0.5) is 5.69 Å². The van der Waals surface area contributed by atoms with E-state index >= 15 is 0 Å². The predicted molar refractivity (Wildman–Crippen MR) is 112 cm³/mol. The summed E-state index contributed by atoms with van der Waals surface area (Å²) in [5, 5.41) is 1.07. The Morgan fingerprint density at radius 1 is 1.15 bits per heavy atom. The van der Waals surface area contributed by atoms with Crippen molar-refractivity contribution in [2.45, 2.75) is 6.92 Å². The first-order valence-corrected chi connectivity index (χ1v) is 9.69. The van der Waals surface area contributed by atoms with E-state index in [4.69, 9.17) is 21.1 Å². The molecule has 27 heavy (non-hydrogen) atoms. The molecule has 3 rings (SSSR count). The Bertz CT molecular complexity index is 910. The summed E-state index contributed by atoms with van der Waals surface area (Å²) in [6.07, 6.45) is 1.77. The van der Waals surface area contributed by atoms with Gasteiger partial charge in [0.2, 0.25) is 0 Å². The van der Waals surface area contributed by atoms with Crippen LogP contribution in [-0.2, 0) is 4.79 Å². The first-order valence-electron chi connectivity index (χ1n) is 8.32. The van der Waals surface area contributed by atoms with Crippen molar-refractivity contribution < 1.29 is 14.3 Å². The summed E-state index contributed by atoms with van der Waals surface area (Å²) in [5.41, 5.74) is 1.91. The molecule has 1 aliphatic rings. The number of hydrogen-bond acceptors (Lipinski definition) is 5. The van der Waals surface area contributed by atoms with Gasteiger partial charge in [-0.25, -0.2) is 4.99 Å². The van der Waals surface area contributed by atoms with Gasteiger partial charge in [0, 0.05) is 0 Å². The summed E-state index contributed by atoms with van der Waals surface area (Å²) < 4.78 is 10.4. The second-order valence-electron chi connectivity index (χ2n) is 5.59. The zero-order valence-corrected chi connectivity index (χ0v) is 16.8. The number of hydrogen-bond donors (Lipinski definition) is 0. The predicted octanol–water partition coefficient (Wildman–Crippen LogP) is 4.85. The number of thioether (sulfide) groups is 1. The summed E-state index contributed by atoms with van der Waals surface area (Å²) in [6.45, 7) is 2.02. The van der Waals surface area contributed by atoms with E-state index in [0.29, 0.717) is 27.3 Å². The number of methoxy groups -OCH3 is 2. The highest BCUT2D eigenvalue weighted by molar-refractivity contribution is 8.14. The molecule has 0 saturated carbocycles. The van der Waals surface area contributed by atoms with Crippen molar-refractivity contribution in [3.8, 4) is 11.5 Å². The second kappa shape index (κ2) is 8.50. The van der Waals surface area contributed by atoms with Gasteiger partial charge in [-0.1, -0.05) is 42.4 Å². The summed E-state index contributed by atoms with van der Waals surface area (Å²) >= 11 is 7.74. The van der Waals surface area contributed by atoms with Crippen molar-refractivity contribution in [2.75, 3.05) is 24.9 Å². The van der Waals surface area contributed by atoms with E-state index in [1.165, 1.54) is 11.8 Å². The molecule has 0 aliphatic carbocycles. The van der Waals surface area contributed by atoms with E-state index in [2.05, 4.69) is 4.99 Å². The Morgan fingerprint density at radius 2 is 1.89 bits per heavy atom. The van der Waals surface area contributed by atoms with Crippen LogP contribution in [0.1, 0.15) is 12.5 Å². The third kappa shape index (κ3) is 4.12. The maximum Gasteiger partial charge on any atom is 0.283 e. The number of rotatable bonds is 5. The van der Waals surface area contributed by atoms with E-state index in [9.17, 15) is 4.79 Å². The van der Waals surface area contributed by atoms with Crippen LogP contribution in [0.15, 0.2) is 53.2 Å². The summed E-state index contributed by atoms with van der Waals surface area (Å²) in [6, 6.07) is 12.7. The van der Waals surface area contributed by atoms with Gasteiger partial charge in [0.05, 0.1) is 24.9 Å². The van der Waals surface area contributed by atoms with Crippen molar-refractivity contribution >= 4 is 46.2 Å². The van der Waals surface area contributed by atoms with E-state index in [1.807, 2.05) is 31.2 Å². The molecule has 0 saturated heterocycles. The lowest BCUT2D eigenvalue weighted by atomic mass is 10.2. The van der Waals surface area contributed by atoms with Gasteiger partial charge in [0.15, 0.2) is 5.17 Å².